The summed E-state index contributed by atoms with van der Waals surface area (Å²) in [4.78, 5) is 11.2. The quantitative estimate of drug-likeness (QED) is 0.661. The molecule has 1 amide bonds. The van der Waals surface area contributed by atoms with Crippen molar-refractivity contribution in [2.75, 3.05) is 6.54 Å². The molecule has 0 rings (SSSR count). The highest BCUT2D eigenvalue weighted by Crippen LogP contribution is 1.96. The average molecular weight is 197 g/mol. The summed E-state index contributed by atoms with van der Waals surface area (Å²) in [6.45, 7) is 6.52. The van der Waals surface area contributed by atoms with Crippen molar-refractivity contribution in [3.05, 3.63) is 0 Å². The molecule has 0 aliphatic rings. The Kier molecular flexibility index (Phi) is 6.77. The van der Waals surface area contributed by atoms with E-state index < -0.39 is 0 Å². The second-order valence-electron chi connectivity index (χ2n) is 3.32. The van der Waals surface area contributed by atoms with Gasteiger partial charge in [-0.2, -0.15) is 5.26 Å². The molecule has 80 valence electrons. The van der Waals surface area contributed by atoms with Gasteiger partial charge in [0.1, 0.15) is 6.04 Å². The van der Waals surface area contributed by atoms with E-state index in [4.69, 9.17) is 5.26 Å². The van der Waals surface area contributed by atoms with E-state index in [2.05, 4.69) is 16.7 Å². The highest BCUT2D eigenvalue weighted by Gasteiger charge is 2.13. The second kappa shape index (κ2) is 7.34. The van der Waals surface area contributed by atoms with Gasteiger partial charge < -0.3 is 5.32 Å². The summed E-state index contributed by atoms with van der Waals surface area (Å²) >= 11 is 0. The Morgan fingerprint density at radius 3 is 2.57 bits per heavy atom. The molecule has 2 atom stereocenters. The number of carbonyl (C=O) groups excluding carboxylic acids is 1. The van der Waals surface area contributed by atoms with Gasteiger partial charge in [0.25, 0.3) is 0 Å². The van der Waals surface area contributed by atoms with E-state index in [0.29, 0.717) is 6.54 Å². The molecule has 0 aliphatic heterocycles. The van der Waals surface area contributed by atoms with Crippen molar-refractivity contribution in [2.24, 2.45) is 0 Å². The Morgan fingerprint density at radius 1 is 1.50 bits per heavy atom. The van der Waals surface area contributed by atoms with Gasteiger partial charge in [0.15, 0.2) is 0 Å². The predicted octanol–water partition coefficient (Wildman–Crippen LogP) is 0.793. The molecule has 0 aromatic rings. The molecule has 0 aromatic carbocycles. The molecule has 0 saturated carbocycles. The molecule has 14 heavy (non-hydrogen) atoms. The average Bonchev–Trinajstić information content (AvgIpc) is 2.16. The van der Waals surface area contributed by atoms with Gasteiger partial charge in [-0.25, -0.2) is 0 Å². The Hall–Kier alpha value is -1.08. The van der Waals surface area contributed by atoms with Crippen LogP contribution in [0.4, 0.5) is 0 Å². The summed E-state index contributed by atoms with van der Waals surface area (Å²) in [6, 6.07) is 1.98. The van der Waals surface area contributed by atoms with E-state index in [1.807, 2.05) is 20.8 Å². The third-order valence-electron chi connectivity index (χ3n) is 2.02. The first-order valence-electron chi connectivity index (χ1n) is 5.06. The van der Waals surface area contributed by atoms with Gasteiger partial charge in [-0.3, -0.25) is 10.1 Å². The van der Waals surface area contributed by atoms with Crippen molar-refractivity contribution in [1.29, 1.82) is 5.26 Å². The SMILES string of the molecule is CCNC(=O)CC(C#N)NC(C)CC. The molecule has 0 radical (unpaired) electrons. The molecule has 4 heteroatoms. The monoisotopic (exact) mass is 197 g/mol. The van der Waals surface area contributed by atoms with Gasteiger partial charge in [0.2, 0.25) is 5.91 Å². The van der Waals surface area contributed by atoms with Crippen LogP contribution in [0, 0.1) is 11.3 Å². The van der Waals surface area contributed by atoms with Gasteiger partial charge in [0.05, 0.1) is 12.5 Å². The third kappa shape index (κ3) is 5.55. The summed E-state index contributed by atoms with van der Waals surface area (Å²) in [5.74, 6) is -0.0742. The first-order chi connectivity index (χ1) is 6.63. The number of nitriles is 1. The number of hydrogen-bond acceptors (Lipinski definition) is 3. The largest absolute Gasteiger partial charge is 0.356 e. The lowest BCUT2D eigenvalue weighted by Gasteiger charge is -2.15. The highest BCUT2D eigenvalue weighted by atomic mass is 16.1. The number of carbonyl (C=O) groups is 1. The van der Waals surface area contributed by atoms with Crippen LogP contribution in [0.1, 0.15) is 33.6 Å². The van der Waals surface area contributed by atoms with Crippen LogP contribution in [0.2, 0.25) is 0 Å². The fourth-order valence-corrected chi connectivity index (χ4v) is 1.06. The van der Waals surface area contributed by atoms with Gasteiger partial charge in [-0.05, 0) is 20.3 Å². The molecule has 0 bridgehead atoms. The van der Waals surface area contributed by atoms with Crippen LogP contribution in [0.25, 0.3) is 0 Å². The normalized spacial score (nSPS) is 14.1. The van der Waals surface area contributed by atoms with E-state index in [1.165, 1.54) is 0 Å². The zero-order chi connectivity index (χ0) is 11.0. The standard InChI is InChI=1S/C10H19N3O/c1-4-8(3)13-9(7-11)6-10(14)12-5-2/h8-9,13H,4-6H2,1-3H3,(H,12,14). The minimum Gasteiger partial charge on any atom is -0.356 e. The predicted molar refractivity (Wildman–Crippen MR) is 55.6 cm³/mol. The minimum absolute atomic E-state index is 0.0742. The van der Waals surface area contributed by atoms with E-state index in [0.717, 1.165) is 6.42 Å². The van der Waals surface area contributed by atoms with Crippen LogP contribution in [-0.2, 0) is 4.79 Å². The molecule has 0 fully saturated rings. The van der Waals surface area contributed by atoms with Crippen LogP contribution < -0.4 is 10.6 Å². The highest BCUT2D eigenvalue weighted by molar-refractivity contribution is 5.76. The first kappa shape index (κ1) is 12.9. The van der Waals surface area contributed by atoms with E-state index in [-0.39, 0.29) is 24.4 Å². The van der Waals surface area contributed by atoms with Crippen molar-refractivity contribution in [2.45, 2.75) is 45.7 Å². The smallest absolute Gasteiger partial charge is 0.222 e. The van der Waals surface area contributed by atoms with Crippen molar-refractivity contribution < 1.29 is 4.79 Å². The van der Waals surface area contributed by atoms with Crippen LogP contribution >= 0.6 is 0 Å². The molecule has 0 aliphatic carbocycles. The Balaban J connectivity index is 3.92. The number of amides is 1. The molecule has 0 aromatic heterocycles. The van der Waals surface area contributed by atoms with Crippen LogP contribution in [0.5, 0.6) is 0 Å². The summed E-state index contributed by atoms with van der Waals surface area (Å²) < 4.78 is 0. The topological polar surface area (TPSA) is 64.9 Å². The molecule has 2 unspecified atom stereocenters. The summed E-state index contributed by atoms with van der Waals surface area (Å²) in [5, 5.41) is 14.6. The number of nitrogens with one attached hydrogen (secondary N) is 2. The number of rotatable bonds is 6. The maximum atomic E-state index is 11.2. The Bertz CT molecular complexity index is 210. The van der Waals surface area contributed by atoms with Crippen molar-refractivity contribution in [1.82, 2.24) is 10.6 Å². The zero-order valence-corrected chi connectivity index (χ0v) is 9.13. The maximum Gasteiger partial charge on any atom is 0.222 e. The lowest BCUT2D eigenvalue weighted by molar-refractivity contribution is -0.121. The van der Waals surface area contributed by atoms with Gasteiger partial charge >= 0.3 is 0 Å². The van der Waals surface area contributed by atoms with Gasteiger partial charge in [-0.15, -0.1) is 0 Å². The Labute approximate surface area is 85.7 Å². The van der Waals surface area contributed by atoms with E-state index >= 15 is 0 Å². The molecule has 0 saturated heterocycles. The van der Waals surface area contributed by atoms with Crippen molar-refractivity contribution in [3.8, 4) is 6.07 Å². The summed E-state index contributed by atoms with van der Waals surface area (Å²) in [5.41, 5.74) is 0. The Morgan fingerprint density at radius 2 is 2.14 bits per heavy atom. The fraction of sp³-hybridized carbons (Fsp3) is 0.800. The van der Waals surface area contributed by atoms with Gasteiger partial charge in [0, 0.05) is 12.6 Å². The lowest BCUT2D eigenvalue weighted by atomic mass is 10.1. The lowest BCUT2D eigenvalue weighted by Crippen LogP contribution is -2.39. The molecular weight excluding hydrogens is 178 g/mol. The minimum atomic E-state index is -0.378. The molecular formula is C10H19N3O. The molecule has 0 spiro atoms. The molecule has 2 N–H and O–H groups in total. The fourth-order valence-electron chi connectivity index (χ4n) is 1.06. The molecule has 4 nitrogen and oxygen atoms in total. The van der Waals surface area contributed by atoms with Crippen LogP contribution in [-0.4, -0.2) is 24.5 Å². The summed E-state index contributed by atoms with van der Waals surface area (Å²) in [7, 11) is 0. The number of nitrogens with zero attached hydrogens (tertiary/aromatic N) is 1. The first-order valence-corrected chi connectivity index (χ1v) is 5.06. The van der Waals surface area contributed by atoms with Crippen LogP contribution in [0.15, 0.2) is 0 Å². The third-order valence-corrected chi connectivity index (χ3v) is 2.02. The molecule has 0 heterocycles. The van der Waals surface area contributed by atoms with E-state index in [9.17, 15) is 4.79 Å². The zero-order valence-electron chi connectivity index (χ0n) is 9.13. The summed E-state index contributed by atoms with van der Waals surface area (Å²) in [6.07, 6.45) is 1.18. The number of hydrogen-bond donors (Lipinski definition) is 2. The van der Waals surface area contributed by atoms with Crippen molar-refractivity contribution in [3.63, 3.8) is 0 Å². The second-order valence-corrected chi connectivity index (χ2v) is 3.32. The van der Waals surface area contributed by atoms with E-state index in [1.54, 1.807) is 0 Å². The van der Waals surface area contributed by atoms with Crippen LogP contribution in [0.3, 0.4) is 0 Å². The maximum absolute atomic E-state index is 11.2. The van der Waals surface area contributed by atoms with Crippen molar-refractivity contribution >= 4 is 5.91 Å². The van der Waals surface area contributed by atoms with Gasteiger partial charge in [-0.1, -0.05) is 6.92 Å².